The molecule has 1 saturated carbocycles. The van der Waals surface area contributed by atoms with Crippen LogP contribution in [0.4, 0.5) is 8.78 Å². The molecule has 0 aliphatic heterocycles. The van der Waals surface area contributed by atoms with Gasteiger partial charge in [0, 0.05) is 5.56 Å². The van der Waals surface area contributed by atoms with Gasteiger partial charge in [-0.2, -0.15) is 0 Å². The van der Waals surface area contributed by atoms with Crippen LogP contribution in [0.15, 0.2) is 42.4 Å². The third kappa shape index (κ3) is 4.23. The van der Waals surface area contributed by atoms with Crippen molar-refractivity contribution in [3.8, 4) is 11.1 Å². The SMILES string of the molecule is [2H]c1c([2H])c(F)c([2H])c(-c2ccc(CCC3CCC(CC)CC3)cc2F)c1[2H]. The van der Waals surface area contributed by atoms with Crippen molar-refractivity contribution in [3.63, 3.8) is 0 Å². The molecule has 2 aromatic carbocycles. The van der Waals surface area contributed by atoms with E-state index in [0.717, 1.165) is 24.3 Å². The van der Waals surface area contributed by atoms with Crippen LogP contribution in [-0.2, 0) is 6.42 Å². The summed E-state index contributed by atoms with van der Waals surface area (Å²) in [4.78, 5) is 0. The minimum Gasteiger partial charge on any atom is -0.207 e. The van der Waals surface area contributed by atoms with Crippen molar-refractivity contribution in [1.82, 2.24) is 0 Å². The Morgan fingerprint density at radius 3 is 2.54 bits per heavy atom. The first-order chi connectivity index (χ1) is 13.3. The molecule has 0 atom stereocenters. The third-order valence-electron chi connectivity index (χ3n) is 5.28. The Hall–Kier alpha value is -1.70. The Kier molecular flexibility index (Phi) is 4.17. The highest BCUT2D eigenvalue weighted by atomic mass is 19.1. The number of hydrogen-bond acceptors (Lipinski definition) is 0. The van der Waals surface area contributed by atoms with E-state index in [1.807, 2.05) is 0 Å². The molecular formula is C22H26F2. The van der Waals surface area contributed by atoms with Crippen LogP contribution >= 0.6 is 0 Å². The van der Waals surface area contributed by atoms with E-state index in [-0.39, 0.29) is 11.1 Å². The normalized spacial score (nSPS) is 23.3. The van der Waals surface area contributed by atoms with Crippen molar-refractivity contribution in [3.05, 3.63) is 59.6 Å². The van der Waals surface area contributed by atoms with Gasteiger partial charge < -0.3 is 0 Å². The number of hydrogen-bond donors (Lipinski definition) is 0. The van der Waals surface area contributed by atoms with Crippen LogP contribution in [0.2, 0.25) is 0 Å². The van der Waals surface area contributed by atoms with Gasteiger partial charge in [0.25, 0.3) is 0 Å². The van der Waals surface area contributed by atoms with Crippen LogP contribution in [0.3, 0.4) is 0 Å². The minimum atomic E-state index is -1.19. The van der Waals surface area contributed by atoms with Gasteiger partial charge in [0.2, 0.25) is 0 Å². The number of aryl methyl sites for hydroxylation is 1. The van der Waals surface area contributed by atoms with Gasteiger partial charge in [-0.3, -0.25) is 0 Å². The largest absolute Gasteiger partial charge is 0.207 e. The molecule has 0 unspecified atom stereocenters. The van der Waals surface area contributed by atoms with E-state index >= 15 is 0 Å². The molecule has 2 aromatic rings. The van der Waals surface area contributed by atoms with Crippen LogP contribution < -0.4 is 0 Å². The average Bonchev–Trinajstić information content (AvgIpc) is 2.71. The maximum absolute atomic E-state index is 14.7. The smallest absolute Gasteiger partial charge is 0.131 e. The predicted molar refractivity (Wildman–Crippen MR) is 95.9 cm³/mol. The topological polar surface area (TPSA) is 0 Å². The van der Waals surface area contributed by atoms with Gasteiger partial charge in [0.05, 0.1) is 5.48 Å². The first-order valence-electron chi connectivity index (χ1n) is 10.9. The number of rotatable bonds is 5. The van der Waals surface area contributed by atoms with Crippen LogP contribution in [-0.4, -0.2) is 0 Å². The van der Waals surface area contributed by atoms with Gasteiger partial charge in [-0.25, -0.2) is 8.78 Å². The van der Waals surface area contributed by atoms with Gasteiger partial charge >= 0.3 is 0 Å². The lowest BCUT2D eigenvalue weighted by Crippen LogP contribution is -2.14. The minimum absolute atomic E-state index is 0.0606. The summed E-state index contributed by atoms with van der Waals surface area (Å²) in [5.74, 6) is -0.286. The van der Waals surface area contributed by atoms with Crippen LogP contribution in [0.25, 0.3) is 11.1 Å². The maximum Gasteiger partial charge on any atom is 0.131 e. The van der Waals surface area contributed by atoms with Crippen molar-refractivity contribution >= 4 is 0 Å². The van der Waals surface area contributed by atoms with E-state index in [1.54, 1.807) is 6.07 Å². The van der Waals surface area contributed by atoms with Gasteiger partial charge in [-0.1, -0.05) is 63.2 Å². The summed E-state index contributed by atoms with van der Waals surface area (Å²) in [6.07, 6.45) is 8.05. The van der Waals surface area contributed by atoms with Crippen molar-refractivity contribution in [2.24, 2.45) is 11.8 Å². The molecular weight excluding hydrogens is 302 g/mol. The van der Waals surface area contributed by atoms with E-state index in [0.29, 0.717) is 5.92 Å². The highest BCUT2D eigenvalue weighted by Gasteiger charge is 2.19. The third-order valence-corrected chi connectivity index (χ3v) is 5.28. The molecule has 0 amide bonds. The first-order valence-corrected chi connectivity index (χ1v) is 8.88. The lowest BCUT2D eigenvalue weighted by atomic mass is 9.78. The molecule has 24 heavy (non-hydrogen) atoms. The fraction of sp³-hybridized carbons (Fsp3) is 0.455. The molecule has 2 heteroatoms. The van der Waals surface area contributed by atoms with E-state index in [2.05, 4.69) is 6.92 Å². The molecule has 0 spiro atoms. The van der Waals surface area contributed by atoms with Crippen LogP contribution in [0, 0.1) is 23.5 Å². The van der Waals surface area contributed by atoms with Gasteiger partial charge in [-0.05, 0) is 54.0 Å². The van der Waals surface area contributed by atoms with Crippen molar-refractivity contribution in [2.45, 2.75) is 51.9 Å². The molecule has 0 saturated heterocycles. The summed E-state index contributed by atoms with van der Waals surface area (Å²) in [6, 6.07) is 1.99. The fourth-order valence-corrected chi connectivity index (χ4v) is 3.67. The summed E-state index contributed by atoms with van der Waals surface area (Å²) in [5.41, 5.74) is 0.524. The number of halogens is 2. The Bertz CT molecular complexity index is 829. The Balaban J connectivity index is 1.77. The van der Waals surface area contributed by atoms with E-state index < -0.39 is 35.8 Å². The van der Waals surface area contributed by atoms with Crippen LogP contribution in [0.5, 0.6) is 0 Å². The summed E-state index contributed by atoms with van der Waals surface area (Å²) in [7, 11) is 0. The van der Waals surface area contributed by atoms with Crippen molar-refractivity contribution < 1.29 is 14.3 Å². The molecule has 0 nitrogen and oxygen atoms in total. The van der Waals surface area contributed by atoms with Crippen molar-refractivity contribution in [1.29, 1.82) is 0 Å². The van der Waals surface area contributed by atoms with E-state index in [1.165, 1.54) is 44.2 Å². The Morgan fingerprint density at radius 2 is 1.83 bits per heavy atom. The second kappa shape index (κ2) is 7.92. The van der Waals surface area contributed by atoms with Gasteiger partial charge in [0.1, 0.15) is 11.6 Å². The zero-order valence-electron chi connectivity index (χ0n) is 18.1. The molecule has 1 aliphatic carbocycles. The fourth-order valence-electron chi connectivity index (χ4n) is 3.67. The molecule has 0 bridgehead atoms. The molecule has 0 N–H and O–H groups in total. The quantitative estimate of drug-likeness (QED) is 0.566. The zero-order valence-corrected chi connectivity index (χ0v) is 14.1. The molecule has 3 rings (SSSR count). The summed E-state index contributed by atoms with van der Waals surface area (Å²) in [6.45, 7) is 2.24. The van der Waals surface area contributed by atoms with Crippen molar-refractivity contribution in [2.75, 3.05) is 0 Å². The highest BCUT2D eigenvalue weighted by Crippen LogP contribution is 2.33. The Labute approximate surface area is 149 Å². The highest BCUT2D eigenvalue weighted by molar-refractivity contribution is 5.64. The second-order valence-corrected chi connectivity index (χ2v) is 6.84. The molecule has 0 aromatic heterocycles. The Morgan fingerprint density at radius 1 is 1.08 bits per heavy atom. The molecule has 1 aliphatic rings. The first kappa shape index (κ1) is 12.6. The lowest BCUT2D eigenvalue weighted by Gasteiger charge is -2.27. The van der Waals surface area contributed by atoms with E-state index in [4.69, 9.17) is 5.48 Å². The monoisotopic (exact) mass is 332 g/mol. The summed E-state index contributed by atoms with van der Waals surface area (Å²) in [5, 5.41) is 0. The maximum atomic E-state index is 14.7. The zero-order chi connectivity index (χ0) is 20.4. The predicted octanol–water partition coefficient (Wildman–Crippen LogP) is 6.78. The summed E-state index contributed by atoms with van der Waals surface area (Å²) >= 11 is 0. The molecule has 128 valence electrons. The standard InChI is InChI=1S/C22H26F2/c1-2-16-6-8-17(9-7-16)10-11-18-12-13-21(22(24)14-18)19-4-3-5-20(23)15-19/h3-5,12-17H,2,6-11H2,1H3/i3D,4D,5D,15D. The van der Waals surface area contributed by atoms with E-state index in [9.17, 15) is 8.78 Å². The van der Waals surface area contributed by atoms with Crippen LogP contribution in [0.1, 0.15) is 56.5 Å². The summed E-state index contributed by atoms with van der Waals surface area (Å²) < 4.78 is 59.6. The number of benzene rings is 2. The molecule has 0 radical (unpaired) electrons. The molecule has 0 heterocycles. The van der Waals surface area contributed by atoms with Gasteiger partial charge in [-0.15, -0.1) is 0 Å². The second-order valence-electron chi connectivity index (χ2n) is 6.84. The molecule has 1 fully saturated rings. The van der Waals surface area contributed by atoms with Gasteiger partial charge in [0.15, 0.2) is 0 Å². The average molecular weight is 332 g/mol. The lowest BCUT2D eigenvalue weighted by molar-refractivity contribution is 0.259.